The van der Waals surface area contributed by atoms with Gasteiger partial charge in [-0.2, -0.15) is 5.26 Å². The lowest BCUT2D eigenvalue weighted by Crippen LogP contribution is -2.27. The lowest BCUT2D eigenvalue weighted by atomic mass is 10.1. The number of nitrogens with zero attached hydrogens (tertiary/aromatic N) is 2. The number of benzene rings is 4. The second-order valence-corrected chi connectivity index (χ2v) is 11.9. The summed E-state index contributed by atoms with van der Waals surface area (Å²) in [6.45, 7) is 2.41. The first-order valence-corrected chi connectivity index (χ1v) is 15.3. The summed E-state index contributed by atoms with van der Waals surface area (Å²) in [5.74, 6) is -0.209. The van der Waals surface area contributed by atoms with Gasteiger partial charge in [-0.1, -0.05) is 48.2 Å². The molecule has 1 fully saturated rings. The molecule has 44 heavy (non-hydrogen) atoms. The minimum atomic E-state index is -0.411. The Bertz CT molecular complexity index is 1840. The molecule has 11 heteroatoms. The van der Waals surface area contributed by atoms with Gasteiger partial charge in [-0.25, -0.2) is 4.39 Å². The van der Waals surface area contributed by atoms with Crippen LogP contribution in [0.15, 0.2) is 94.3 Å². The van der Waals surface area contributed by atoms with Crippen molar-refractivity contribution in [2.75, 3.05) is 16.8 Å². The second-order valence-electron chi connectivity index (χ2n) is 9.35. The van der Waals surface area contributed by atoms with Gasteiger partial charge in [0.05, 0.1) is 33.3 Å². The molecule has 0 spiro atoms. The molecule has 1 aliphatic heterocycles. The quantitative estimate of drug-likeness (QED) is 0.140. The smallest absolute Gasteiger partial charge is 0.270 e. The minimum absolute atomic E-state index is 0.168. The Kier molecular flexibility index (Phi) is 9.75. The average molecular weight is 689 g/mol. The van der Waals surface area contributed by atoms with Gasteiger partial charge in [0.25, 0.3) is 11.8 Å². The summed E-state index contributed by atoms with van der Waals surface area (Å²) in [6, 6.07) is 24.9. The van der Waals surface area contributed by atoms with Crippen molar-refractivity contribution in [2.45, 2.75) is 13.5 Å². The highest BCUT2D eigenvalue weighted by Crippen LogP contribution is 2.41. The molecule has 7 nitrogen and oxygen atoms in total. The van der Waals surface area contributed by atoms with Crippen LogP contribution in [0.4, 0.5) is 15.8 Å². The largest absolute Gasteiger partial charge is 0.490 e. The van der Waals surface area contributed by atoms with E-state index in [9.17, 15) is 19.2 Å². The summed E-state index contributed by atoms with van der Waals surface area (Å²) in [7, 11) is 0. The van der Waals surface area contributed by atoms with Crippen LogP contribution in [-0.4, -0.2) is 22.7 Å². The second kappa shape index (κ2) is 13.9. The lowest BCUT2D eigenvalue weighted by Gasteiger charge is -2.16. The van der Waals surface area contributed by atoms with Crippen LogP contribution < -0.4 is 19.7 Å². The summed E-state index contributed by atoms with van der Waals surface area (Å²) in [5.41, 5.74) is 3.14. The van der Waals surface area contributed by atoms with Crippen molar-refractivity contribution in [3.05, 3.63) is 122 Å². The molecule has 4 aromatic carbocycles. The summed E-state index contributed by atoms with van der Waals surface area (Å²) in [6.07, 6.45) is 1.71. The van der Waals surface area contributed by atoms with Crippen LogP contribution in [0.1, 0.15) is 34.0 Å². The van der Waals surface area contributed by atoms with E-state index in [4.69, 9.17) is 21.7 Å². The molecule has 1 aliphatic rings. The zero-order chi connectivity index (χ0) is 31.2. The standard InChI is InChI=1S/C33H23BrFN3O4S2/c1-2-41-28-15-20(14-27(34)30(28)42-19-23-7-4-3-6-22(23)18-36)16-29-32(40)38(33(43)44-29)26-9-5-8-21(17-26)31(39)37-25-12-10-24(35)11-13-25/h3-17H,2,19H2,1H3,(H,37,39)/b29-16+. The van der Waals surface area contributed by atoms with Crippen molar-refractivity contribution < 1.29 is 23.5 Å². The number of ether oxygens (including phenoxy) is 2. The Morgan fingerprint density at radius 3 is 2.61 bits per heavy atom. The highest BCUT2D eigenvalue weighted by atomic mass is 79.9. The van der Waals surface area contributed by atoms with Crippen LogP contribution in [0.25, 0.3) is 6.08 Å². The number of carbonyl (C=O) groups excluding carboxylic acids is 2. The fraction of sp³-hybridized carbons (Fsp3) is 0.0909. The predicted octanol–water partition coefficient (Wildman–Crippen LogP) is 8.10. The molecule has 2 amide bonds. The normalized spacial score (nSPS) is 13.6. The van der Waals surface area contributed by atoms with Crippen molar-refractivity contribution in [1.29, 1.82) is 5.26 Å². The number of carbonyl (C=O) groups is 2. The number of hydrogen-bond donors (Lipinski definition) is 1. The number of thioether (sulfide) groups is 1. The van der Waals surface area contributed by atoms with E-state index in [0.29, 0.717) is 59.9 Å². The van der Waals surface area contributed by atoms with Gasteiger partial charge in [0, 0.05) is 16.8 Å². The SMILES string of the molecule is CCOc1cc(/C=C2/SC(=S)N(c3cccc(C(=O)Nc4ccc(F)cc4)c3)C2=O)cc(Br)c1OCc1ccccc1C#N. The van der Waals surface area contributed by atoms with Gasteiger partial charge in [-0.15, -0.1) is 0 Å². The third-order valence-electron chi connectivity index (χ3n) is 6.40. The number of nitrogens with one attached hydrogen (secondary N) is 1. The van der Waals surface area contributed by atoms with Gasteiger partial charge in [0.1, 0.15) is 12.4 Å². The maximum atomic E-state index is 13.5. The van der Waals surface area contributed by atoms with Gasteiger partial charge < -0.3 is 14.8 Å². The molecule has 5 rings (SSSR count). The summed E-state index contributed by atoms with van der Waals surface area (Å²) in [5, 5.41) is 12.1. The number of amides is 2. The fourth-order valence-electron chi connectivity index (χ4n) is 4.34. The zero-order valence-corrected chi connectivity index (χ0v) is 26.4. The molecular formula is C33H23BrFN3O4S2. The van der Waals surface area contributed by atoms with Crippen molar-refractivity contribution in [3.63, 3.8) is 0 Å². The molecule has 0 unspecified atom stereocenters. The van der Waals surface area contributed by atoms with Crippen molar-refractivity contribution in [3.8, 4) is 17.6 Å². The van der Waals surface area contributed by atoms with Crippen LogP contribution in [0.5, 0.6) is 11.5 Å². The number of halogens is 2. The Labute approximate surface area is 271 Å². The molecule has 1 heterocycles. The fourth-order valence-corrected chi connectivity index (χ4v) is 6.22. The van der Waals surface area contributed by atoms with Crippen LogP contribution in [0, 0.1) is 17.1 Å². The third kappa shape index (κ3) is 7.00. The van der Waals surface area contributed by atoms with Crippen molar-refractivity contribution in [1.82, 2.24) is 0 Å². The molecule has 1 saturated heterocycles. The Morgan fingerprint density at radius 2 is 1.86 bits per heavy atom. The maximum Gasteiger partial charge on any atom is 0.270 e. The molecular weight excluding hydrogens is 665 g/mol. The Morgan fingerprint density at radius 1 is 1.09 bits per heavy atom. The van der Waals surface area contributed by atoms with E-state index in [1.807, 2.05) is 19.1 Å². The van der Waals surface area contributed by atoms with Gasteiger partial charge in [0.15, 0.2) is 15.8 Å². The number of nitriles is 1. The summed E-state index contributed by atoms with van der Waals surface area (Å²) in [4.78, 5) is 28.1. The van der Waals surface area contributed by atoms with Crippen LogP contribution in [0.2, 0.25) is 0 Å². The molecule has 0 bridgehead atoms. The van der Waals surface area contributed by atoms with Crippen LogP contribution >= 0.6 is 39.9 Å². The van der Waals surface area contributed by atoms with Crippen molar-refractivity contribution in [2.24, 2.45) is 0 Å². The average Bonchev–Trinajstić information content (AvgIpc) is 3.30. The summed E-state index contributed by atoms with van der Waals surface area (Å²) < 4.78 is 26.1. The van der Waals surface area contributed by atoms with E-state index in [1.54, 1.807) is 54.6 Å². The van der Waals surface area contributed by atoms with E-state index in [2.05, 4.69) is 27.3 Å². The number of anilines is 2. The first-order valence-electron chi connectivity index (χ1n) is 13.3. The Balaban J connectivity index is 1.36. The minimum Gasteiger partial charge on any atom is -0.490 e. The third-order valence-corrected chi connectivity index (χ3v) is 8.29. The van der Waals surface area contributed by atoms with Gasteiger partial charge in [0.2, 0.25) is 0 Å². The maximum absolute atomic E-state index is 13.5. The molecule has 0 aliphatic carbocycles. The summed E-state index contributed by atoms with van der Waals surface area (Å²) >= 11 is 10.3. The molecule has 0 aromatic heterocycles. The lowest BCUT2D eigenvalue weighted by molar-refractivity contribution is -0.113. The first-order chi connectivity index (χ1) is 21.3. The van der Waals surface area contributed by atoms with E-state index in [0.717, 1.165) is 17.3 Å². The van der Waals surface area contributed by atoms with E-state index in [-0.39, 0.29) is 12.5 Å². The monoisotopic (exact) mass is 687 g/mol. The van der Waals surface area contributed by atoms with Crippen LogP contribution in [-0.2, 0) is 11.4 Å². The van der Waals surface area contributed by atoms with Crippen molar-refractivity contribution >= 4 is 73.5 Å². The molecule has 220 valence electrons. The molecule has 0 atom stereocenters. The molecule has 4 aromatic rings. The van der Waals surface area contributed by atoms with Gasteiger partial charge >= 0.3 is 0 Å². The van der Waals surface area contributed by atoms with Crippen LogP contribution in [0.3, 0.4) is 0 Å². The van der Waals surface area contributed by atoms with Gasteiger partial charge in [-0.05, 0) is 95.2 Å². The number of hydrogen-bond acceptors (Lipinski definition) is 7. The zero-order valence-electron chi connectivity index (χ0n) is 23.2. The highest BCUT2D eigenvalue weighted by Gasteiger charge is 2.33. The van der Waals surface area contributed by atoms with E-state index in [1.165, 1.54) is 29.2 Å². The number of rotatable bonds is 9. The molecule has 1 N–H and O–H groups in total. The number of thiocarbonyl (C=S) groups is 1. The molecule has 0 radical (unpaired) electrons. The van der Waals surface area contributed by atoms with Gasteiger partial charge in [-0.3, -0.25) is 14.5 Å². The highest BCUT2D eigenvalue weighted by molar-refractivity contribution is 9.10. The molecule has 0 saturated carbocycles. The first kappa shape index (κ1) is 30.9. The predicted molar refractivity (Wildman–Crippen MR) is 177 cm³/mol. The Hall–Kier alpha value is -4.50. The van der Waals surface area contributed by atoms with E-state index < -0.39 is 11.7 Å². The topological polar surface area (TPSA) is 91.7 Å². The van der Waals surface area contributed by atoms with E-state index >= 15 is 0 Å².